The molecule has 3 aromatic heterocycles. The Morgan fingerprint density at radius 1 is 1.03 bits per heavy atom. The number of sulfonamides is 1. The van der Waals surface area contributed by atoms with Gasteiger partial charge < -0.3 is 9.32 Å². The van der Waals surface area contributed by atoms with E-state index in [1.54, 1.807) is 38.9 Å². The molecule has 1 amide bonds. The molecule has 4 heterocycles. The van der Waals surface area contributed by atoms with Crippen LogP contribution < -0.4 is 0 Å². The Hall–Kier alpha value is -1.94. The van der Waals surface area contributed by atoms with E-state index in [9.17, 15) is 13.2 Å². The molecule has 0 bridgehead atoms. The largest absolute Gasteiger partial charge is 0.467 e. The van der Waals surface area contributed by atoms with Gasteiger partial charge in [-0.1, -0.05) is 6.42 Å². The monoisotopic (exact) mass is 478 g/mol. The first-order valence-corrected chi connectivity index (χ1v) is 13.4. The van der Waals surface area contributed by atoms with E-state index in [1.807, 2.05) is 31.2 Å². The molecule has 0 aromatic carbocycles. The topological polar surface area (TPSA) is 70.8 Å². The highest BCUT2D eigenvalue weighted by molar-refractivity contribution is 7.91. The number of aryl methyl sites for hydroxylation is 1. The fourth-order valence-corrected chi connectivity index (χ4v) is 7.59. The van der Waals surface area contributed by atoms with Gasteiger partial charge in [-0.15, -0.1) is 22.7 Å². The van der Waals surface area contributed by atoms with Gasteiger partial charge in [0.2, 0.25) is 5.91 Å². The van der Waals surface area contributed by atoms with Crippen LogP contribution in [0.4, 0.5) is 0 Å². The molecule has 0 spiro atoms. The Morgan fingerprint density at radius 3 is 2.48 bits per heavy atom. The first-order chi connectivity index (χ1) is 14.9. The first kappa shape index (κ1) is 22.3. The van der Waals surface area contributed by atoms with Gasteiger partial charge >= 0.3 is 0 Å². The standard InChI is InChI=1S/C22H26N2O4S3/c1-17-7-8-20(29-17)16-23(15-18-6-5-13-28-18)21(25)14-19-9-10-22(30-19)31(26,27)24-11-3-2-4-12-24/h5-10,13H,2-4,11-12,14-16H2,1H3. The first-order valence-electron chi connectivity index (χ1n) is 10.4. The van der Waals surface area contributed by atoms with Gasteiger partial charge in [0.25, 0.3) is 10.0 Å². The van der Waals surface area contributed by atoms with Gasteiger partial charge in [-0.3, -0.25) is 4.79 Å². The zero-order valence-electron chi connectivity index (χ0n) is 17.5. The van der Waals surface area contributed by atoms with Gasteiger partial charge in [0.15, 0.2) is 0 Å². The van der Waals surface area contributed by atoms with Crippen LogP contribution in [0, 0.1) is 6.92 Å². The molecule has 0 saturated carbocycles. The van der Waals surface area contributed by atoms with Crippen LogP contribution in [-0.2, 0) is 34.3 Å². The minimum Gasteiger partial charge on any atom is -0.467 e. The number of hydrogen-bond acceptors (Lipinski definition) is 6. The van der Waals surface area contributed by atoms with Gasteiger partial charge in [0, 0.05) is 27.7 Å². The van der Waals surface area contributed by atoms with Crippen LogP contribution >= 0.6 is 22.7 Å². The van der Waals surface area contributed by atoms with E-state index in [2.05, 4.69) is 0 Å². The maximum absolute atomic E-state index is 13.1. The molecule has 0 atom stereocenters. The van der Waals surface area contributed by atoms with Gasteiger partial charge in [0.05, 0.1) is 25.8 Å². The van der Waals surface area contributed by atoms with Crippen molar-refractivity contribution in [3.8, 4) is 0 Å². The molecule has 0 unspecified atom stereocenters. The summed E-state index contributed by atoms with van der Waals surface area (Å²) in [6, 6.07) is 11.2. The number of hydrogen-bond donors (Lipinski definition) is 0. The number of nitrogens with zero attached hydrogens (tertiary/aromatic N) is 2. The molecule has 166 valence electrons. The van der Waals surface area contributed by atoms with Crippen molar-refractivity contribution in [3.63, 3.8) is 0 Å². The molecule has 0 radical (unpaired) electrons. The Kier molecular flexibility index (Phi) is 6.95. The third kappa shape index (κ3) is 5.46. The number of rotatable bonds is 8. The van der Waals surface area contributed by atoms with E-state index in [-0.39, 0.29) is 12.3 Å². The number of carbonyl (C=O) groups is 1. The third-order valence-electron chi connectivity index (χ3n) is 5.29. The quantitative estimate of drug-likeness (QED) is 0.472. The summed E-state index contributed by atoms with van der Waals surface area (Å²) in [5, 5.41) is 0. The third-order valence-corrected chi connectivity index (χ3v) is 9.73. The van der Waals surface area contributed by atoms with Gasteiger partial charge in [0.1, 0.15) is 9.97 Å². The summed E-state index contributed by atoms with van der Waals surface area (Å²) >= 11 is 2.87. The minimum absolute atomic E-state index is 0.0498. The predicted molar refractivity (Wildman–Crippen MR) is 123 cm³/mol. The van der Waals surface area contributed by atoms with Crippen molar-refractivity contribution in [1.82, 2.24) is 9.21 Å². The molecule has 4 rings (SSSR count). The minimum atomic E-state index is -3.47. The number of piperidine rings is 1. The molecule has 1 saturated heterocycles. The maximum atomic E-state index is 13.1. The molecule has 1 aliphatic rings. The number of thiophene rings is 2. The van der Waals surface area contributed by atoms with Crippen molar-refractivity contribution < 1.29 is 17.6 Å². The van der Waals surface area contributed by atoms with Crippen molar-refractivity contribution in [1.29, 1.82) is 0 Å². The van der Waals surface area contributed by atoms with Crippen molar-refractivity contribution in [3.05, 3.63) is 63.1 Å². The highest BCUT2D eigenvalue weighted by Crippen LogP contribution is 2.28. The predicted octanol–water partition coefficient (Wildman–Crippen LogP) is 4.66. The lowest BCUT2D eigenvalue weighted by Crippen LogP contribution is -2.35. The van der Waals surface area contributed by atoms with Crippen LogP contribution in [0.1, 0.15) is 39.7 Å². The molecule has 1 aliphatic heterocycles. The van der Waals surface area contributed by atoms with Gasteiger partial charge in [-0.2, -0.15) is 4.31 Å². The molecular formula is C22H26N2O4S3. The molecule has 9 heteroatoms. The summed E-state index contributed by atoms with van der Waals surface area (Å²) in [4.78, 5) is 18.0. The summed E-state index contributed by atoms with van der Waals surface area (Å²) in [6.45, 7) is 4.08. The van der Waals surface area contributed by atoms with E-state index in [1.165, 1.54) is 16.2 Å². The van der Waals surface area contributed by atoms with Gasteiger partial charge in [-0.25, -0.2) is 8.42 Å². The van der Waals surface area contributed by atoms with Gasteiger partial charge in [-0.05, 0) is 56.2 Å². The molecular weight excluding hydrogens is 452 g/mol. The summed E-state index contributed by atoms with van der Waals surface area (Å²) in [5.74, 6) is 0.674. The number of carbonyl (C=O) groups excluding carboxylic acids is 1. The lowest BCUT2D eigenvalue weighted by Gasteiger charge is -2.25. The van der Waals surface area contributed by atoms with E-state index >= 15 is 0 Å². The van der Waals surface area contributed by atoms with Crippen molar-refractivity contribution >= 4 is 38.6 Å². The maximum Gasteiger partial charge on any atom is 0.252 e. The van der Waals surface area contributed by atoms with E-state index in [0.717, 1.165) is 34.8 Å². The molecule has 1 fully saturated rings. The summed E-state index contributed by atoms with van der Waals surface area (Å²) in [7, 11) is -3.47. The van der Waals surface area contributed by atoms with Crippen LogP contribution in [0.3, 0.4) is 0 Å². The van der Waals surface area contributed by atoms with E-state index in [0.29, 0.717) is 30.4 Å². The fourth-order valence-electron chi connectivity index (χ4n) is 3.67. The SMILES string of the molecule is Cc1ccc(CN(Cc2ccco2)C(=O)Cc2ccc(S(=O)(=O)N3CCCCC3)s2)s1. The second-order valence-corrected chi connectivity index (χ2v) is 12.4. The Morgan fingerprint density at radius 2 is 1.81 bits per heavy atom. The number of furan rings is 1. The van der Waals surface area contributed by atoms with Crippen LogP contribution in [0.15, 0.2) is 51.3 Å². The average Bonchev–Trinajstić information content (AvgIpc) is 3.51. The van der Waals surface area contributed by atoms with Crippen molar-refractivity contribution in [2.24, 2.45) is 0 Å². The lowest BCUT2D eigenvalue weighted by atomic mass is 10.2. The Bertz CT molecular complexity index is 1110. The van der Waals surface area contributed by atoms with Crippen molar-refractivity contribution in [2.45, 2.75) is 49.9 Å². The van der Waals surface area contributed by atoms with Crippen LogP contribution in [0.5, 0.6) is 0 Å². The van der Waals surface area contributed by atoms with Crippen LogP contribution in [0.25, 0.3) is 0 Å². The average molecular weight is 479 g/mol. The Balaban J connectivity index is 1.47. The van der Waals surface area contributed by atoms with Crippen LogP contribution in [-0.4, -0.2) is 36.6 Å². The summed E-state index contributed by atoms with van der Waals surface area (Å²) in [6.07, 6.45) is 4.65. The highest BCUT2D eigenvalue weighted by Gasteiger charge is 2.28. The summed E-state index contributed by atoms with van der Waals surface area (Å²) < 4.78 is 33.1. The fraction of sp³-hybridized carbons (Fsp3) is 0.409. The second kappa shape index (κ2) is 9.68. The van der Waals surface area contributed by atoms with E-state index in [4.69, 9.17) is 4.42 Å². The smallest absolute Gasteiger partial charge is 0.252 e. The molecule has 31 heavy (non-hydrogen) atoms. The molecule has 0 aliphatic carbocycles. The normalized spacial score (nSPS) is 15.3. The highest BCUT2D eigenvalue weighted by atomic mass is 32.2. The zero-order valence-corrected chi connectivity index (χ0v) is 19.9. The van der Waals surface area contributed by atoms with Crippen molar-refractivity contribution in [2.75, 3.05) is 13.1 Å². The van der Waals surface area contributed by atoms with Crippen LogP contribution in [0.2, 0.25) is 0 Å². The lowest BCUT2D eigenvalue weighted by molar-refractivity contribution is -0.131. The second-order valence-electron chi connectivity index (χ2n) is 7.70. The molecule has 6 nitrogen and oxygen atoms in total. The Labute approximate surface area is 191 Å². The zero-order chi connectivity index (χ0) is 21.8. The van der Waals surface area contributed by atoms with E-state index < -0.39 is 10.0 Å². The molecule has 0 N–H and O–H groups in total. The summed E-state index contributed by atoms with van der Waals surface area (Å²) in [5.41, 5.74) is 0. The number of amides is 1. The molecule has 3 aromatic rings.